The zero-order valence-corrected chi connectivity index (χ0v) is 24.7. The molecule has 0 N–H and O–H groups in total. The van der Waals surface area contributed by atoms with E-state index in [-0.39, 0.29) is 34.1 Å². The Labute approximate surface area is 231 Å². The molecule has 1 aromatic heterocycles. The number of hydrogen-bond acceptors (Lipinski definition) is 8. The first-order valence-corrected chi connectivity index (χ1v) is 16.6. The Morgan fingerprint density at radius 2 is 1.62 bits per heavy atom. The van der Waals surface area contributed by atoms with Gasteiger partial charge in [-0.2, -0.15) is 13.6 Å². The third-order valence-corrected chi connectivity index (χ3v) is 11.6. The van der Waals surface area contributed by atoms with E-state index in [9.17, 15) is 21.6 Å². The second kappa shape index (κ2) is 12.0. The number of amides is 1. The molecule has 0 saturated carbocycles. The summed E-state index contributed by atoms with van der Waals surface area (Å²) in [6.45, 7) is 9.76. The molecule has 0 spiro atoms. The molecule has 3 heterocycles. The zero-order valence-electron chi connectivity index (χ0n) is 23.1. The van der Waals surface area contributed by atoms with Crippen LogP contribution >= 0.6 is 0 Å². The van der Waals surface area contributed by atoms with Crippen molar-refractivity contribution in [1.82, 2.24) is 23.7 Å². The number of benzene rings is 1. The fourth-order valence-electron chi connectivity index (χ4n) is 5.26. The van der Waals surface area contributed by atoms with Gasteiger partial charge in [-0.3, -0.25) is 4.79 Å². The van der Waals surface area contributed by atoms with E-state index in [4.69, 9.17) is 4.52 Å². The first-order valence-electron chi connectivity index (χ1n) is 13.7. The number of carbonyl (C=O) groups is 1. The van der Waals surface area contributed by atoms with Crippen molar-refractivity contribution in [1.29, 1.82) is 0 Å². The van der Waals surface area contributed by atoms with Gasteiger partial charge >= 0.3 is 0 Å². The van der Waals surface area contributed by atoms with Crippen molar-refractivity contribution in [2.75, 3.05) is 39.3 Å². The molecular formula is C26H39N5O6S2. The Hall–Kier alpha value is -2.35. The SMILES string of the molecule is CCN(CC)S(=O)(=O)c1ccc(S(=O)(=O)N2CCC[C@@H](C(=O)N3CCC(c4nc(C(C)C)no4)CC3)C2)cc1. The molecule has 13 heteroatoms. The molecular weight excluding hydrogens is 542 g/mol. The Morgan fingerprint density at radius 1 is 1.00 bits per heavy atom. The molecule has 216 valence electrons. The van der Waals surface area contributed by atoms with Gasteiger partial charge in [-0.1, -0.05) is 32.9 Å². The van der Waals surface area contributed by atoms with E-state index in [1.807, 2.05) is 18.7 Å². The normalized spacial score (nSPS) is 20.2. The highest BCUT2D eigenvalue weighted by Crippen LogP contribution is 2.31. The maximum absolute atomic E-state index is 13.4. The Kier molecular flexibility index (Phi) is 9.14. The third-order valence-electron chi connectivity index (χ3n) is 7.67. The van der Waals surface area contributed by atoms with Crippen LogP contribution in [-0.2, 0) is 24.8 Å². The summed E-state index contributed by atoms with van der Waals surface area (Å²) in [4.78, 5) is 19.8. The molecule has 11 nitrogen and oxygen atoms in total. The van der Waals surface area contributed by atoms with Gasteiger partial charge in [0.2, 0.25) is 31.8 Å². The standard InChI is InChI=1S/C26H39N5O6S2/c1-5-30(6-2)38(33,34)22-9-11-23(12-10-22)39(35,36)31-15-7-8-21(18-31)26(32)29-16-13-20(14-17-29)25-27-24(19(3)4)28-37-25/h9-12,19-21H,5-8,13-18H2,1-4H3/t21-/m1/s1. The van der Waals surface area contributed by atoms with Crippen molar-refractivity contribution >= 4 is 26.0 Å². The van der Waals surface area contributed by atoms with E-state index in [1.165, 1.54) is 32.9 Å². The number of rotatable bonds is 9. The number of sulfonamides is 2. The average molecular weight is 582 g/mol. The molecule has 2 aromatic rings. The molecule has 4 rings (SSSR count). The Bertz CT molecular complexity index is 1350. The van der Waals surface area contributed by atoms with Crippen molar-refractivity contribution in [3.05, 3.63) is 36.0 Å². The van der Waals surface area contributed by atoms with Crippen LogP contribution in [0.4, 0.5) is 0 Å². The van der Waals surface area contributed by atoms with Crippen LogP contribution in [0, 0.1) is 5.92 Å². The number of nitrogens with zero attached hydrogens (tertiary/aromatic N) is 5. The topological polar surface area (TPSA) is 134 Å². The molecule has 2 aliphatic rings. The second-order valence-electron chi connectivity index (χ2n) is 10.5. The van der Waals surface area contributed by atoms with Gasteiger partial charge in [-0.25, -0.2) is 16.8 Å². The zero-order chi connectivity index (χ0) is 28.4. The second-order valence-corrected chi connectivity index (χ2v) is 14.4. The van der Waals surface area contributed by atoms with Gasteiger partial charge in [0, 0.05) is 51.1 Å². The summed E-state index contributed by atoms with van der Waals surface area (Å²) in [5.41, 5.74) is 0. The van der Waals surface area contributed by atoms with Gasteiger partial charge in [-0.05, 0) is 49.9 Å². The average Bonchev–Trinajstić information content (AvgIpc) is 3.44. The molecule has 0 radical (unpaired) electrons. The van der Waals surface area contributed by atoms with Crippen molar-refractivity contribution in [2.45, 2.75) is 75.0 Å². The van der Waals surface area contributed by atoms with E-state index in [0.29, 0.717) is 57.3 Å². The van der Waals surface area contributed by atoms with Crippen LogP contribution in [-0.4, -0.2) is 85.7 Å². The minimum atomic E-state index is -3.88. The fourth-order valence-corrected chi connectivity index (χ4v) is 8.24. The number of piperidine rings is 2. The summed E-state index contributed by atoms with van der Waals surface area (Å²) >= 11 is 0. The van der Waals surface area contributed by atoms with Gasteiger partial charge in [-0.15, -0.1) is 0 Å². The minimum absolute atomic E-state index is 0.0234. The van der Waals surface area contributed by atoms with Crippen molar-refractivity contribution < 1.29 is 26.2 Å². The van der Waals surface area contributed by atoms with Crippen LogP contribution in [0.2, 0.25) is 0 Å². The molecule has 0 bridgehead atoms. The van der Waals surface area contributed by atoms with Gasteiger partial charge in [0.1, 0.15) is 0 Å². The predicted octanol–water partition coefficient (Wildman–Crippen LogP) is 3.03. The number of carbonyl (C=O) groups excluding carboxylic acids is 1. The summed E-state index contributed by atoms with van der Waals surface area (Å²) < 4.78 is 60.5. The predicted molar refractivity (Wildman–Crippen MR) is 145 cm³/mol. The van der Waals surface area contributed by atoms with E-state index in [1.54, 1.807) is 13.8 Å². The number of aromatic nitrogens is 2. The Balaban J connectivity index is 1.39. The summed E-state index contributed by atoms with van der Waals surface area (Å²) in [6.07, 6.45) is 2.67. The maximum atomic E-state index is 13.4. The molecule has 2 aliphatic heterocycles. The molecule has 1 aromatic carbocycles. The van der Waals surface area contributed by atoms with Gasteiger partial charge < -0.3 is 9.42 Å². The summed E-state index contributed by atoms with van der Waals surface area (Å²) in [7, 11) is -7.56. The van der Waals surface area contributed by atoms with Crippen LogP contribution in [0.1, 0.15) is 76.9 Å². The van der Waals surface area contributed by atoms with Crippen molar-refractivity contribution in [3.63, 3.8) is 0 Å². The van der Waals surface area contributed by atoms with Crippen molar-refractivity contribution in [3.8, 4) is 0 Å². The van der Waals surface area contributed by atoms with E-state index in [2.05, 4.69) is 10.1 Å². The fraction of sp³-hybridized carbons (Fsp3) is 0.654. The van der Waals surface area contributed by atoms with Crippen LogP contribution in [0.15, 0.2) is 38.6 Å². The highest BCUT2D eigenvalue weighted by atomic mass is 32.2. The lowest BCUT2D eigenvalue weighted by Crippen LogP contribution is -2.48. The van der Waals surface area contributed by atoms with Crippen LogP contribution in [0.25, 0.3) is 0 Å². The van der Waals surface area contributed by atoms with Crippen LogP contribution in [0.5, 0.6) is 0 Å². The van der Waals surface area contributed by atoms with E-state index < -0.39 is 26.0 Å². The maximum Gasteiger partial charge on any atom is 0.243 e. The summed E-state index contributed by atoms with van der Waals surface area (Å²) in [5, 5.41) is 4.05. The van der Waals surface area contributed by atoms with Gasteiger partial charge in [0.25, 0.3) is 0 Å². The molecule has 0 unspecified atom stereocenters. The van der Waals surface area contributed by atoms with Gasteiger partial charge in [0.05, 0.1) is 15.7 Å². The largest absolute Gasteiger partial charge is 0.342 e. The molecule has 1 amide bonds. The number of hydrogen-bond donors (Lipinski definition) is 0. The van der Waals surface area contributed by atoms with Crippen LogP contribution < -0.4 is 0 Å². The first kappa shape index (κ1) is 29.6. The quantitative estimate of drug-likeness (QED) is 0.441. The smallest absolute Gasteiger partial charge is 0.243 e. The summed E-state index contributed by atoms with van der Waals surface area (Å²) in [5.74, 6) is 1.17. The third kappa shape index (κ3) is 6.21. The molecule has 0 aliphatic carbocycles. The molecule has 2 saturated heterocycles. The highest BCUT2D eigenvalue weighted by molar-refractivity contribution is 7.89. The minimum Gasteiger partial charge on any atom is -0.342 e. The molecule has 39 heavy (non-hydrogen) atoms. The van der Waals surface area contributed by atoms with Crippen LogP contribution in [0.3, 0.4) is 0 Å². The highest BCUT2D eigenvalue weighted by Gasteiger charge is 2.37. The number of likely N-dealkylation sites (tertiary alicyclic amines) is 1. The summed E-state index contributed by atoms with van der Waals surface area (Å²) in [6, 6.07) is 5.35. The lowest BCUT2D eigenvalue weighted by molar-refractivity contribution is -0.137. The van der Waals surface area contributed by atoms with Gasteiger partial charge in [0.15, 0.2) is 5.82 Å². The van der Waals surface area contributed by atoms with E-state index >= 15 is 0 Å². The lowest BCUT2D eigenvalue weighted by Gasteiger charge is -2.36. The molecule has 1 atom stereocenters. The lowest BCUT2D eigenvalue weighted by atomic mass is 9.93. The first-order chi connectivity index (χ1) is 18.5. The monoisotopic (exact) mass is 581 g/mol. The Morgan fingerprint density at radius 3 is 2.18 bits per heavy atom. The van der Waals surface area contributed by atoms with E-state index in [0.717, 1.165) is 12.8 Å². The van der Waals surface area contributed by atoms with Crippen molar-refractivity contribution in [2.24, 2.45) is 5.92 Å². The molecule has 2 fully saturated rings.